The molecule has 2 saturated heterocycles. The van der Waals surface area contributed by atoms with Crippen molar-refractivity contribution in [1.82, 2.24) is 10.2 Å². The van der Waals surface area contributed by atoms with Gasteiger partial charge in [-0.15, -0.1) is 24.2 Å². The molecule has 2 fully saturated rings. The molecule has 0 spiro atoms. The summed E-state index contributed by atoms with van der Waals surface area (Å²) in [6.45, 7) is 7.90. The number of aliphatic hydroxyl groups excluding tert-OH is 1. The number of nitrogens with one attached hydrogen (secondary N) is 1. The van der Waals surface area contributed by atoms with Crippen molar-refractivity contribution in [2.75, 3.05) is 19.9 Å². The van der Waals surface area contributed by atoms with Crippen LogP contribution < -0.4 is 5.32 Å². The van der Waals surface area contributed by atoms with Gasteiger partial charge < -0.3 is 24.8 Å². The van der Waals surface area contributed by atoms with Crippen molar-refractivity contribution >= 4 is 42.0 Å². The van der Waals surface area contributed by atoms with E-state index in [9.17, 15) is 19.5 Å². The van der Waals surface area contributed by atoms with Gasteiger partial charge in [-0.1, -0.05) is 0 Å². The smallest absolute Gasteiger partial charge is 0.358 e. The highest BCUT2D eigenvalue weighted by molar-refractivity contribution is 8.03. The first-order valence-corrected chi connectivity index (χ1v) is 9.95. The Kier molecular flexibility index (Phi) is 7.07. The fourth-order valence-corrected chi connectivity index (χ4v) is 4.66. The molecule has 3 heterocycles. The average molecular weight is 435 g/mol. The van der Waals surface area contributed by atoms with Gasteiger partial charge in [0.15, 0.2) is 0 Å². The van der Waals surface area contributed by atoms with Crippen LogP contribution in [0.5, 0.6) is 0 Å². The first-order valence-electron chi connectivity index (χ1n) is 9.07. The zero-order chi connectivity index (χ0) is 19.9. The van der Waals surface area contributed by atoms with Crippen LogP contribution in [0.15, 0.2) is 10.6 Å². The van der Waals surface area contributed by atoms with E-state index in [1.807, 2.05) is 0 Å². The minimum atomic E-state index is -0.765. The highest BCUT2D eigenvalue weighted by Gasteiger charge is 2.57. The first kappa shape index (κ1) is 23.0. The van der Waals surface area contributed by atoms with Crippen LogP contribution in [0.4, 0.5) is 0 Å². The van der Waals surface area contributed by atoms with Gasteiger partial charge in [0.2, 0.25) is 12.7 Å². The number of fused-ring (bicyclic) bond motifs is 1. The second-order valence-electron chi connectivity index (χ2n) is 8.15. The highest BCUT2D eigenvalue weighted by atomic mass is 35.5. The van der Waals surface area contributed by atoms with Crippen molar-refractivity contribution in [1.29, 1.82) is 0 Å². The number of thioether (sulfide) groups is 1. The van der Waals surface area contributed by atoms with Crippen molar-refractivity contribution in [3.63, 3.8) is 0 Å². The highest BCUT2D eigenvalue weighted by Crippen LogP contribution is 2.48. The third kappa shape index (κ3) is 4.32. The molecule has 0 aliphatic carbocycles. The molecule has 0 saturated carbocycles. The quantitative estimate of drug-likeness (QED) is 0.363. The second-order valence-corrected chi connectivity index (χ2v) is 9.54. The van der Waals surface area contributed by atoms with Gasteiger partial charge >= 0.3 is 11.9 Å². The number of ether oxygens (including phenoxy) is 2. The van der Waals surface area contributed by atoms with Crippen LogP contribution in [0.1, 0.15) is 34.1 Å². The maximum Gasteiger partial charge on any atom is 0.358 e. The van der Waals surface area contributed by atoms with Crippen LogP contribution in [-0.4, -0.2) is 65.1 Å². The topological polar surface area (TPSA) is 105 Å². The second kappa shape index (κ2) is 8.61. The number of β-lactam (4-membered cyclic amide) rings is 1. The van der Waals surface area contributed by atoms with E-state index in [2.05, 4.69) is 5.32 Å². The summed E-state index contributed by atoms with van der Waals surface area (Å²) < 4.78 is 10.1. The Balaban J connectivity index is 0.00000280. The fourth-order valence-electron chi connectivity index (χ4n) is 3.29. The summed E-state index contributed by atoms with van der Waals surface area (Å²) in [7, 11) is 0. The van der Waals surface area contributed by atoms with Gasteiger partial charge in [-0.25, -0.2) is 4.79 Å². The zero-order valence-electron chi connectivity index (χ0n) is 16.4. The fraction of sp³-hybridized carbons (Fsp3) is 0.722. The molecule has 3 aliphatic rings. The lowest BCUT2D eigenvalue weighted by Gasteiger charge is -2.44. The van der Waals surface area contributed by atoms with Gasteiger partial charge in [0, 0.05) is 29.7 Å². The Labute approximate surface area is 174 Å². The molecule has 28 heavy (non-hydrogen) atoms. The van der Waals surface area contributed by atoms with Crippen molar-refractivity contribution < 1.29 is 29.0 Å². The molecule has 0 radical (unpaired) electrons. The van der Waals surface area contributed by atoms with E-state index in [4.69, 9.17) is 9.47 Å². The van der Waals surface area contributed by atoms with E-state index in [-0.39, 0.29) is 30.1 Å². The summed E-state index contributed by atoms with van der Waals surface area (Å²) in [5.74, 6) is -1.91. The summed E-state index contributed by atoms with van der Waals surface area (Å²) >= 11 is 1.57. The molecule has 2 N–H and O–H groups in total. The van der Waals surface area contributed by atoms with Gasteiger partial charge in [-0.2, -0.15) is 0 Å². The van der Waals surface area contributed by atoms with Gasteiger partial charge in [0.25, 0.3) is 0 Å². The molecule has 3 aliphatic heterocycles. The monoisotopic (exact) mass is 434 g/mol. The van der Waals surface area contributed by atoms with Gasteiger partial charge in [0.1, 0.15) is 5.70 Å². The SMILES string of the molecule is CC(O)C1C(=O)N2C(C(=O)OCOC(=O)C(C)(C)C)=C(SC3CNC3)C[C@H]12.Cl. The van der Waals surface area contributed by atoms with Crippen LogP contribution in [0, 0.1) is 11.3 Å². The van der Waals surface area contributed by atoms with Crippen LogP contribution in [0.25, 0.3) is 0 Å². The predicted octanol–water partition coefficient (Wildman–Crippen LogP) is 1.03. The average Bonchev–Trinajstić information content (AvgIpc) is 2.83. The number of carbonyl (C=O) groups is 3. The Bertz CT molecular complexity index is 686. The number of halogens is 1. The van der Waals surface area contributed by atoms with Crippen molar-refractivity contribution in [3.8, 4) is 0 Å². The van der Waals surface area contributed by atoms with E-state index < -0.39 is 36.2 Å². The molecule has 0 bridgehead atoms. The third-order valence-electron chi connectivity index (χ3n) is 4.93. The summed E-state index contributed by atoms with van der Waals surface area (Å²) in [6, 6.07) is -0.215. The molecule has 2 unspecified atom stereocenters. The van der Waals surface area contributed by atoms with E-state index in [1.54, 1.807) is 39.5 Å². The number of rotatable bonds is 6. The van der Waals surface area contributed by atoms with Crippen molar-refractivity contribution in [2.45, 2.75) is 51.5 Å². The number of amides is 1. The minimum Gasteiger partial charge on any atom is -0.427 e. The number of carbonyl (C=O) groups excluding carboxylic acids is 3. The molecule has 0 aromatic carbocycles. The number of esters is 2. The predicted molar refractivity (Wildman–Crippen MR) is 105 cm³/mol. The lowest BCUT2D eigenvalue weighted by atomic mass is 9.83. The Morgan fingerprint density at radius 1 is 1.32 bits per heavy atom. The summed E-state index contributed by atoms with van der Waals surface area (Å²) in [6.07, 6.45) is -0.229. The van der Waals surface area contributed by atoms with E-state index in [0.29, 0.717) is 11.7 Å². The van der Waals surface area contributed by atoms with Gasteiger partial charge in [0.05, 0.1) is 23.5 Å². The lowest BCUT2D eigenvalue weighted by Crippen LogP contribution is -2.61. The molecular weight excluding hydrogens is 408 g/mol. The maximum atomic E-state index is 12.6. The Morgan fingerprint density at radius 3 is 2.46 bits per heavy atom. The lowest BCUT2D eigenvalue weighted by molar-refractivity contribution is -0.175. The molecular formula is C18H27ClN2O6S. The molecule has 10 heteroatoms. The van der Waals surface area contributed by atoms with Crippen molar-refractivity contribution in [3.05, 3.63) is 10.6 Å². The summed E-state index contributed by atoms with van der Waals surface area (Å²) in [5, 5.41) is 13.4. The molecule has 0 aromatic rings. The molecule has 158 valence electrons. The number of nitrogens with zero attached hydrogens (tertiary/aromatic N) is 1. The molecule has 3 rings (SSSR count). The first-order chi connectivity index (χ1) is 12.6. The summed E-state index contributed by atoms with van der Waals surface area (Å²) in [4.78, 5) is 39.1. The van der Waals surface area contributed by atoms with Crippen LogP contribution in [0.2, 0.25) is 0 Å². The Hall–Kier alpha value is -1.29. The largest absolute Gasteiger partial charge is 0.427 e. The Morgan fingerprint density at radius 2 is 1.96 bits per heavy atom. The molecule has 3 atom stereocenters. The van der Waals surface area contributed by atoms with Crippen LogP contribution in [-0.2, 0) is 23.9 Å². The van der Waals surface area contributed by atoms with Gasteiger partial charge in [-0.05, 0) is 27.7 Å². The van der Waals surface area contributed by atoms with Crippen molar-refractivity contribution in [2.24, 2.45) is 11.3 Å². The molecule has 0 aromatic heterocycles. The van der Waals surface area contributed by atoms with E-state index >= 15 is 0 Å². The molecule has 8 nitrogen and oxygen atoms in total. The van der Waals surface area contributed by atoms with E-state index in [0.717, 1.165) is 18.0 Å². The normalized spacial score (nSPS) is 25.3. The maximum absolute atomic E-state index is 12.6. The van der Waals surface area contributed by atoms with Crippen LogP contribution in [0.3, 0.4) is 0 Å². The number of hydrogen-bond acceptors (Lipinski definition) is 8. The third-order valence-corrected chi connectivity index (χ3v) is 6.24. The van der Waals surface area contributed by atoms with Gasteiger partial charge in [-0.3, -0.25) is 9.59 Å². The number of hydrogen-bond donors (Lipinski definition) is 2. The van der Waals surface area contributed by atoms with Crippen LogP contribution >= 0.6 is 24.2 Å². The summed E-state index contributed by atoms with van der Waals surface area (Å²) in [5.41, 5.74) is -0.467. The zero-order valence-corrected chi connectivity index (χ0v) is 18.0. The number of aliphatic hydroxyl groups is 1. The van der Waals surface area contributed by atoms with E-state index in [1.165, 1.54) is 4.90 Å². The standard InChI is InChI=1S/C18H26N2O6S.ClH/c1-9(21)13-11-5-12(27-10-6-19-7-10)14(20(11)15(13)22)16(23)25-8-26-17(24)18(2,3)4;/h9-11,13,19,21H,5-8H2,1-4H3;1H/t9?,11-,13?;/m1./s1. The molecule has 1 amide bonds. The minimum absolute atomic E-state index is 0.